The van der Waals surface area contributed by atoms with Gasteiger partial charge in [-0.2, -0.15) is 0 Å². The summed E-state index contributed by atoms with van der Waals surface area (Å²) in [7, 11) is 0. The number of nitrogens with zero attached hydrogens (tertiary/aromatic N) is 1. The Kier molecular flexibility index (Phi) is 3.17. The van der Waals surface area contributed by atoms with Crippen LogP contribution in [0.15, 0.2) is 36.7 Å². The van der Waals surface area contributed by atoms with Crippen LogP contribution in [-0.4, -0.2) is 24.0 Å². The number of benzene rings is 1. The van der Waals surface area contributed by atoms with Crippen molar-refractivity contribution in [1.29, 1.82) is 0 Å². The molecule has 2 aromatic rings. The lowest BCUT2D eigenvalue weighted by atomic mass is 9.97. The molecule has 1 aromatic carbocycles. The summed E-state index contributed by atoms with van der Waals surface area (Å²) in [6, 6.07) is 7.85. The first kappa shape index (κ1) is 12.1. The van der Waals surface area contributed by atoms with E-state index in [-0.39, 0.29) is 11.8 Å². The standard InChI is InChI=1S/C15H17N3O/c1-10-7-17-8-12(10)15(19)18-14-4-2-3-11-5-6-16-9-13(11)14/h2-6,9-10,12,17H,7-8H2,1H3,(H,18,19)/t10-,12-/m1/s1. The molecule has 0 bridgehead atoms. The first-order valence-corrected chi connectivity index (χ1v) is 6.60. The van der Waals surface area contributed by atoms with E-state index in [2.05, 4.69) is 22.5 Å². The molecule has 98 valence electrons. The van der Waals surface area contributed by atoms with Crippen molar-refractivity contribution in [3.63, 3.8) is 0 Å². The molecule has 1 aliphatic rings. The van der Waals surface area contributed by atoms with Crippen molar-refractivity contribution in [2.75, 3.05) is 18.4 Å². The van der Waals surface area contributed by atoms with Crippen LogP contribution < -0.4 is 10.6 Å². The minimum absolute atomic E-state index is 0.0481. The van der Waals surface area contributed by atoms with Crippen LogP contribution in [-0.2, 0) is 4.79 Å². The molecule has 2 heterocycles. The first-order chi connectivity index (χ1) is 9.25. The number of pyridine rings is 1. The lowest BCUT2D eigenvalue weighted by Crippen LogP contribution is -2.27. The minimum atomic E-state index is 0.0481. The summed E-state index contributed by atoms with van der Waals surface area (Å²) in [6.07, 6.45) is 3.55. The van der Waals surface area contributed by atoms with E-state index in [9.17, 15) is 4.79 Å². The Bertz CT molecular complexity index is 606. The molecule has 1 fully saturated rings. The summed E-state index contributed by atoms with van der Waals surface area (Å²) >= 11 is 0. The van der Waals surface area contributed by atoms with Gasteiger partial charge < -0.3 is 10.6 Å². The van der Waals surface area contributed by atoms with Gasteiger partial charge in [0.05, 0.1) is 11.6 Å². The van der Waals surface area contributed by atoms with Crippen molar-refractivity contribution in [1.82, 2.24) is 10.3 Å². The molecular weight excluding hydrogens is 238 g/mol. The smallest absolute Gasteiger partial charge is 0.229 e. The third kappa shape index (κ3) is 2.31. The maximum Gasteiger partial charge on any atom is 0.229 e. The lowest BCUT2D eigenvalue weighted by Gasteiger charge is -2.15. The molecule has 1 saturated heterocycles. The normalized spacial score (nSPS) is 22.6. The van der Waals surface area contributed by atoms with Crippen molar-refractivity contribution < 1.29 is 4.79 Å². The third-order valence-electron chi connectivity index (χ3n) is 3.80. The van der Waals surface area contributed by atoms with E-state index in [1.165, 1.54) is 0 Å². The Hall–Kier alpha value is -1.94. The number of amides is 1. The predicted molar refractivity (Wildman–Crippen MR) is 75.9 cm³/mol. The number of nitrogens with one attached hydrogen (secondary N) is 2. The number of aromatic nitrogens is 1. The van der Waals surface area contributed by atoms with Gasteiger partial charge in [0.25, 0.3) is 0 Å². The highest BCUT2D eigenvalue weighted by Crippen LogP contribution is 2.24. The van der Waals surface area contributed by atoms with E-state index in [1.807, 2.05) is 24.3 Å². The average Bonchev–Trinajstić information content (AvgIpc) is 2.85. The molecule has 4 nitrogen and oxygen atoms in total. The van der Waals surface area contributed by atoms with Gasteiger partial charge in [-0.15, -0.1) is 0 Å². The Morgan fingerprint density at radius 1 is 1.37 bits per heavy atom. The maximum absolute atomic E-state index is 12.3. The zero-order valence-electron chi connectivity index (χ0n) is 10.9. The molecule has 1 aromatic heterocycles. The second kappa shape index (κ2) is 4.97. The summed E-state index contributed by atoms with van der Waals surface area (Å²) in [5.74, 6) is 0.522. The highest BCUT2D eigenvalue weighted by Gasteiger charge is 2.29. The van der Waals surface area contributed by atoms with Crippen LogP contribution in [0.5, 0.6) is 0 Å². The molecule has 0 saturated carbocycles. The number of anilines is 1. The monoisotopic (exact) mass is 255 g/mol. The van der Waals surface area contributed by atoms with Crippen LogP contribution in [0.3, 0.4) is 0 Å². The fraction of sp³-hybridized carbons (Fsp3) is 0.333. The van der Waals surface area contributed by atoms with Gasteiger partial charge in [0.1, 0.15) is 0 Å². The van der Waals surface area contributed by atoms with E-state index >= 15 is 0 Å². The Morgan fingerprint density at radius 3 is 3.05 bits per heavy atom. The number of hydrogen-bond acceptors (Lipinski definition) is 3. The maximum atomic E-state index is 12.3. The van der Waals surface area contributed by atoms with Gasteiger partial charge in [0, 0.05) is 24.3 Å². The highest BCUT2D eigenvalue weighted by atomic mass is 16.1. The fourth-order valence-electron chi connectivity index (χ4n) is 2.61. The molecule has 1 amide bonds. The number of hydrogen-bond donors (Lipinski definition) is 2. The average molecular weight is 255 g/mol. The molecule has 19 heavy (non-hydrogen) atoms. The molecule has 3 rings (SSSR count). The van der Waals surface area contributed by atoms with Crippen molar-refractivity contribution in [3.05, 3.63) is 36.7 Å². The topological polar surface area (TPSA) is 54.0 Å². The number of carbonyl (C=O) groups excluding carboxylic acids is 1. The third-order valence-corrected chi connectivity index (χ3v) is 3.80. The van der Waals surface area contributed by atoms with Crippen LogP contribution in [0.1, 0.15) is 6.92 Å². The van der Waals surface area contributed by atoms with Crippen molar-refractivity contribution >= 4 is 22.4 Å². The lowest BCUT2D eigenvalue weighted by molar-refractivity contribution is -0.120. The van der Waals surface area contributed by atoms with Gasteiger partial charge in [-0.1, -0.05) is 19.1 Å². The number of rotatable bonds is 2. The van der Waals surface area contributed by atoms with Gasteiger partial charge in [0.15, 0.2) is 0 Å². The number of fused-ring (bicyclic) bond motifs is 1. The molecule has 2 N–H and O–H groups in total. The van der Waals surface area contributed by atoms with E-state index in [4.69, 9.17) is 0 Å². The Labute approximate surface area is 112 Å². The Balaban J connectivity index is 1.87. The summed E-state index contributed by atoms with van der Waals surface area (Å²) in [5.41, 5.74) is 0.842. The van der Waals surface area contributed by atoms with E-state index in [1.54, 1.807) is 12.4 Å². The summed E-state index contributed by atoms with van der Waals surface area (Å²) in [5, 5.41) is 8.36. The molecule has 4 heteroatoms. The van der Waals surface area contributed by atoms with Crippen LogP contribution in [0.4, 0.5) is 5.69 Å². The van der Waals surface area contributed by atoms with E-state index in [0.717, 1.165) is 29.5 Å². The van der Waals surface area contributed by atoms with Gasteiger partial charge in [0.2, 0.25) is 5.91 Å². The molecule has 0 unspecified atom stereocenters. The molecule has 1 aliphatic heterocycles. The first-order valence-electron chi connectivity index (χ1n) is 6.60. The summed E-state index contributed by atoms with van der Waals surface area (Å²) < 4.78 is 0. The highest BCUT2D eigenvalue weighted by molar-refractivity contribution is 6.02. The van der Waals surface area contributed by atoms with Gasteiger partial charge >= 0.3 is 0 Å². The second-order valence-electron chi connectivity index (χ2n) is 5.13. The molecule has 0 spiro atoms. The van der Waals surface area contributed by atoms with E-state index < -0.39 is 0 Å². The van der Waals surface area contributed by atoms with Gasteiger partial charge in [-0.25, -0.2) is 0 Å². The zero-order valence-corrected chi connectivity index (χ0v) is 10.9. The van der Waals surface area contributed by atoms with E-state index in [0.29, 0.717) is 5.92 Å². The minimum Gasteiger partial charge on any atom is -0.325 e. The summed E-state index contributed by atoms with van der Waals surface area (Å²) in [4.78, 5) is 16.4. The largest absolute Gasteiger partial charge is 0.325 e. The van der Waals surface area contributed by atoms with Crippen LogP contribution in [0.2, 0.25) is 0 Å². The van der Waals surface area contributed by atoms with Crippen molar-refractivity contribution in [3.8, 4) is 0 Å². The number of carbonyl (C=O) groups is 1. The quantitative estimate of drug-likeness (QED) is 0.863. The summed E-state index contributed by atoms with van der Waals surface area (Å²) in [6.45, 7) is 3.78. The second-order valence-corrected chi connectivity index (χ2v) is 5.13. The fourth-order valence-corrected chi connectivity index (χ4v) is 2.61. The molecular formula is C15H17N3O. The van der Waals surface area contributed by atoms with Crippen molar-refractivity contribution in [2.24, 2.45) is 11.8 Å². The molecule has 0 aliphatic carbocycles. The van der Waals surface area contributed by atoms with Gasteiger partial charge in [-0.3, -0.25) is 9.78 Å². The Morgan fingerprint density at radius 2 is 2.26 bits per heavy atom. The SMILES string of the molecule is C[C@@H]1CNC[C@H]1C(=O)Nc1cccc2ccncc12. The van der Waals surface area contributed by atoms with Crippen LogP contribution in [0, 0.1) is 11.8 Å². The predicted octanol–water partition coefficient (Wildman–Crippen LogP) is 2.03. The zero-order chi connectivity index (χ0) is 13.2. The molecule has 0 radical (unpaired) electrons. The van der Waals surface area contributed by atoms with Crippen LogP contribution in [0.25, 0.3) is 10.8 Å². The van der Waals surface area contributed by atoms with Gasteiger partial charge in [-0.05, 0) is 30.0 Å². The molecule has 2 atom stereocenters. The van der Waals surface area contributed by atoms with Crippen molar-refractivity contribution in [2.45, 2.75) is 6.92 Å². The van der Waals surface area contributed by atoms with Crippen LogP contribution >= 0.6 is 0 Å².